The molecule has 3 rings (SSSR count). The van der Waals surface area contributed by atoms with E-state index in [1.807, 2.05) is 23.0 Å². The molecule has 0 aromatic carbocycles. The van der Waals surface area contributed by atoms with Gasteiger partial charge in [0.1, 0.15) is 17.6 Å². The van der Waals surface area contributed by atoms with Crippen LogP contribution in [-0.4, -0.2) is 32.8 Å². The number of nitriles is 1. The summed E-state index contributed by atoms with van der Waals surface area (Å²) in [5.41, 5.74) is 6.04. The fourth-order valence-corrected chi connectivity index (χ4v) is 2.45. The van der Waals surface area contributed by atoms with Crippen molar-refractivity contribution in [2.75, 3.05) is 23.7 Å². The molecule has 20 heavy (non-hydrogen) atoms. The fourth-order valence-electron chi connectivity index (χ4n) is 2.45. The summed E-state index contributed by atoms with van der Waals surface area (Å²) in [6.45, 7) is 1.69. The summed E-state index contributed by atoms with van der Waals surface area (Å²) in [6.07, 6.45) is 5.46. The molecule has 2 N–H and O–H groups in total. The Kier molecular flexibility index (Phi) is 3.21. The number of hydrogen-bond acceptors (Lipinski definition) is 6. The topological polar surface area (TPSA) is 96.7 Å². The van der Waals surface area contributed by atoms with E-state index in [-0.39, 0.29) is 0 Å². The third-order valence-electron chi connectivity index (χ3n) is 3.51. The molecule has 2 aromatic rings. The summed E-state index contributed by atoms with van der Waals surface area (Å²) < 4.78 is 1.93. The van der Waals surface area contributed by atoms with Crippen LogP contribution < -0.4 is 10.6 Å². The third kappa shape index (κ3) is 2.40. The summed E-state index contributed by atoms with van der Waals surface area (Å²) in [4.78, 5) is 10.6. The van der Waals surface area contributed by atoms with Gasteiger partial charge in [-0.2, -0.15) is 10.4 Å². The second kappa shape index (κ2) is 5.17. The highest BCUT2D eigenvalue weighted by molar-refractivity contribution is 5.34. The van der Waals surface area contributed by atoms with Gasteiger partial charge in [0.05, 0.1) is 6.04 Å². The minimum Gasteiger partial charge on any atom is -0.382 e. The lowest BCUT2D eigenvalue weighted by Crippen LogP contribution is -2.36. The highest BCUT2D eigenvalue weighted by atomic mass is 15.3. The summed E-state index contributed by atoms with van der Waals surface area (Å²) in [5.74, 6) is 1.18. The van der Waals surface area contributed by atoms with E-state index >= 15 is 0 Å². The number of hydrogen-bond donors (Lipinski definition) is 1. The lowest BCUT2D eigenvalue weighted by atomic mass is 10.1. The second-order valence-electron chi connectivity index (χ2n) is 4.79. The average molecular weight is 269 g/mol. The first-order valence-electron chi connectivity index (χ1n) is 6.55. The molecule has 7 nitrogen and oxygen atoms in total. The Morgan fingerprint density at radius 2 is 2.10 bits per heavy atom. The van der Waals surface area contributed by atoms with E-state index in [1.165, 1.54) is 0 Å². The van der Waals surface area contributed by atoms with Gasteiger partial charge in [-0.15, -0.1) is 0 Å². The Labute approximate surface area is 116 Å². The van der Waals surface area contributed by atoms with Gasteiger partial charge >= 0.3 is 0 Å². The van der Waals surface area contributed by atoms with Crippen molar-refractivity contribution in [2.45, 2.75) is 18.9 Å². The van der Waals surface area contributed by atoms with Gasteiger partial charge in [-0.25, -0.2) is 9.97 Å². The van der Waals surface area contributed by atoms with Crippen LogP contribution in [0.15, 0.2) is 24.5 Å². The van der Waals surface area contributed by atoms with Crippen LogP contribution in [-0.2, 0) is 0 Å². The Bertz CT molecular complexity index is 634. The number of nitrogen functional groups attached to an aromatic ring is 1. The van der Waals surface area contributed by atoms with E-state index in [0.29, 0.717) is 23.5 Å². The second-order valence-corrected chi connectivity index (χ2v) is 4.79. The molecule has 102 valence electrons. The first-order chi connectivity index (χ1) is 9.76. The first-order valence-corrected chi connectivity index (χ1v) is 6.55. The molecule has 0 unspecified atom stereocenters. The molecule has 0 amide bonds. The van der Waals surface area contributed by atoms with Gasteiger partial charge in [-0.1, -0.05) is 0 Å². The molecule has 7 heteroatoms. The van der Waals surface area contributed by atoms with Crippen molar-refractivity contribution in [3.8, 4) is 6.07 Å². The number of piperidine rings is 1. The molecular weight excluding hydrogens is 254 g/mol. The van der Waals surface area contributed by atoms with Gasteiger partial charge in [0.2, 0.25) is 5.95 Å². The van der Waals surface area contributed by atoms with E-state index in [1.54, 1.807) is 12.3 Å². The van der Waals surface area contributed by atoms with Crippen LogP contribution in [0.4, 0.5) is 11.8 Å². The molecule has 1 saturated heterocycles. The van der Waals surface area contributed by atoms with Gasteiger partial charge in [0.15, 0.2) is 0 Å². The summed E-state index contributed by atoms with van der Waals surface area (Å²) in [5, 5.41) is 13.1. The van der Waals surface area contributed by atoms with Gasteiger partial charge in [0, 0.05) is 25.5 Å². The average Bonchev–Trinajstić information content (AvgIpc) is 2.94. The van der Waals surface area contributed by atoms with Crippen LogP contribution in [0.25, 0.3) is 0 Å². The molecule has 3 heterocycles. The molecule has 0 bridgehead atoms. The smallest absolute Gasteiger partial charge is 0.226 e. The van der Waals surface area contributed by atoms with Crippen LogP contribution in [0.5, 0.6) is 0 Å². The summed E-state index contributed by atoms with van der Waals surface area (Å²) in [6, 6.07) is 5.83. The van der Waals surface area contributed by atoms with Gasteiger partial charge in [-0.3, -0.25) is 4.68 Å². The predicted molar refractivity (Wildman–Crippen MR) is 73.9 cm³/mol. The van der Waals surface area contributed by atoms with E-state index in [2.05, 4.69) is 20.0 Å². The lowest BCUT2D eigenvalue weighted by molar-refractivity contribution is 0.365. The van der Waals surface area contributed by atoms with Gasteiger partial charge in [0.25, 0.3) is 0 Å². The van der Waals surface area contributed by atoms with Crippen molar-refractivity contribution in [2.24, 2.45) is 0 Å². The standard InChI is InChI=1S/C13H15N7/c14-9-10-1-5-16-13(17-10)19-6-2-11(3-7-19)20-8-4-12(15)18-20/h1,4-5,8,11H,2-3,6-7H2,(H2,15,18). The monoisotopic (exact) mass is 269 g/mol. The van der Waals surface area contributed by atoms with Crippen molar-refractivity contribution < 1.29 is 0 Å². The normalized spacial score (nSPS) is 16.1. The molecule has 0 saturated carbocycles. The van der Waals surface area contributed by atoms with E-state index < -0.39 is 0 Å². The van der Waals surface area contributed by atoms with Crippen molar-refractivity contribution in [1.82, 2.24) is 19.7 Å². The van der Waals surface area contributed by atoms with Crippen molar-refractivity contribution >= 4 is 11.8 Å². The number of rotatable bonds is 2. The maximum absolute atomic E-state index is 8.87. The zero-order chi connectivity index (χ0) is 13.9. The molecule has 0 spiro atoms. The maximum atomic E-state index is 8.87. The van der Waals surface area contributed by atoms with Crippen molar-refractivity contribution in [3.05, 3.63) is 30.2 Å². The number of nitrogens with zero attached hydrogens (tertiary/aromatic N) is 6. The fraction of sp³-hybridized carbons (Fsp3) is 0.385. The van der Waals surface area contributed by atoms with E-state index in [0.717, 1.165) is 25.9 Å². The molecule has 0 radical (unpaired) electrons. The van der Waals surface area contributed by atoms with Crippen LogP contribution >= 0.6 is 0 Å². The van der Waals surface area contributed by atoms with Crippen molar-refractivity contribution in [1.29, 1.82) is 5.26 Å². The highest BCUT2D eigenvalue weighted by Crippen LogP contribution is 2.24. The zero-order valence-electron chi connectivity index (χ0n) is 11.0. The minimum absolute atomic E-state index is 0.364. The Morgan fingerprint density at radius 1 is 1.30 bits per heavy atom. The Hall–Kier alpha value is -2.62. The maximum Gasteiger partial charge on any atom is 0.226 e. The van der Waals surface area contributed by atoms with Crippen LogP contribution in [0.3, 0.4) is 0 Å². The molecule has 0 aliphatic carbocycles. The number of anilines is 2. The van der Waals surface area contributed by atoms with Gasteiger partial charge in [-0.05, 0) is 25.0 Å². The van der Waals surface area contributed by atoms with Gasteiger partial charge < -0.3 is 10.6 Å². The molecule has 2 aromatic heterocycles. The molecule has 1 aliphatic rings. The van der Waals surface area contributed by atoms with Crippen LogP contribution in [0.2, 0.25) is 0 Å². The highest BCUT2D eigenvalue weighted by Gasteiger charge is 2.22. The van der Waals surface area contributed by atoms with Crippen LogP contribution in [0, 0.1) is 11.3 Å². The van der Waals surface area contributed by atoms with Crippen LogP contribution in [0.1, 0.15) is 24.6 Å². The third-order valence-corrected chi connectivity index (χ3v) is 3.51. The minimum atomic E-state index is 0.364. The van der Waals surface area contributed by atoms with E-state index in [9.17, 15) is 0 Å². The molecule has 1 fully saturated rings. The largest absolute Gasteiger partial charge is 0.382 e. The molecule has 0 atom stereocenters. The quantitative estimate of drug-likeness (QED) is 0.872. The van der Waals surface area contributed by atoms with Crippen molar-refractivity contribution in [3.63, 3.8) is 0 Å². The molecular formula is C13H15N7. The number of aromatic nitrogens is 4. The Balaban J connectivity index is 1.68. The summed E-state index contributed by atoms with van der Waals surface area (Å²) >= 11 is 0. The first kappa shape index (κ1) is 12.4. The van der Waals surface area contributed by atoms with E-state index in [4.69, 9.17) is 11.0 Å². The SMILES string of the molecule is N#Cc1ccnc(N2CCC(n3ccc(N)n3)CC2)n1. The lowest BCUT2D eigenvalue weighted by Gasteiger charge is -2.32. The predicted octanol–water partition coefficient (Wildman–Crippen LogP) is 0.968. The number of nitrogens with two attached hydrogens (primary N) is 1. The molecule has 1 aliphatic heterocycles. The zero-order valence-corrected chi connectivity index (χ0v) is 11.0. The Morgan fingerprint density at radius 3 is 2.75 bits per heavy atom. The summed E-state index contributed by atoms with van der Waals surface area (Å²) in [7, 11) is 0.